The smallest absolute Gasteiger partial charge is 0.328 e. The lowest BCUT2D eigenvalue weighted by Crippen LogP contribution is -1.87. The zero-order chi connectivity index (χ0) is 10.6. The van der Waals surface area contributed by atoms with Gasteiger partial charge < -0.3 is 5.11 Å². The molecule has 0 amide bonds. The van der Waals surface area contributed by atoms with Gasteiger partial charge in [-0.1, -0.05) is 6.07 Å². The lowest BCUT2D eigenvalue weighted by atomic mass is 10.1. The van der Waals surface area contributed by atoms with Crippen LogP contribution in [-0.4, -0.2) is 11.1 Å². The largest absolute Gasteiger partial charge is 0.478 e. The van der Waals surface area contributed by atoms with E-state index in [1.165, 1.54) is 6.08 Å². The summed E-state index contributed by atoms with van der Waals surface area (Å²) in [6, 6.07) is 7.13. The van der Waals surface area contributed by atoms with Gasteiger partial charge in [0.15, 0.2) is 0 Å². The molecule has 0 radical (unpaired) electrons. The minimum atomic E-state index is -0.978. The molecule has 1 N–H and O–H groups in total. The van der Waals surface area contributed by atoms with E-state index in [0.717, 1.165) is 17.2 Å². The predicted octanol–water partition coefficient (Wildman–Crippen LogP) is 1.96. The molecule has 0 saturated carbocycles. The molecule has 1 aromatic rings. The molecule has 1 rings (SSSR count). The highest BCUT2D eigenvalue weighted by atomic mass is 16.4. The van der Waals surface area contributed by atoms with E-state index >= 15 is 0 Å². The Morgan fingerprint density at radius 2 is 2.29 bits per heavy atom. The second-order valence-corrected chi connectivity index (χ2v) is 2.85. The number of nitriles is 1. The summed E-state index contributed by atoms with van der Waals surface area (Å²) in [7, 11) is 0. The van der Waals surface area contributed by atoms with Gasteiger partial charge in [0.2, 0.25) is 0 Å². The monoisotopic (exact) mass is 187 g/mol. The standard InChI is InChI=1S/C11H9NO2/c1-8-6-9(7-12)2-3-10(8)4-5-11(13)14/h2-6H,1H3,(H,13,14). The van der Waals surface area contributed by atoms with Gasteiger partial charge in [0.1, 0.15) is 0 Å². The molecule has 0 aromatic heterocycles. The molecule has 0 spiro atoms. The molecule has 0 fully saturated rings. The number of nitrogens with zero attached hydrogens (tertiary/aromatic N) is 1. The van der Waals surface area contributed by atoms with E-state index in [0.29, 0.717) is 5.56 Å². The molecular weight excluding hydrogens is 178 g/mol. The number of aliphatic carboxylic acids is 1. The number of carboxylic acids is 1. The Labute approximate surface area is 81.9 Å². The molecule has 0 aliphatic rings. The van der Waals surface area contributed by atoms with Crippen LogP contribution in [-0.2, 0) is 4.79 Å². The van der Waals surface area contributed by atoms with Gasteiger partial charge in [-0.3, -0.25) is 0 Å². The molecule has 0 saturated heterocycles. The average Bonchev–Trinajstić information content (AvgIpc) is 2.15. The number of benzene rings is 1. The molecule has 0 aliphatic carbocycles. The summed E-state index contributed by atoms with van der Waals surface area (Å²) in [5, 5.41) is 17.0. The summed E-state index contributed by atoms with van der Waals surface area (Å²) in [6.45, 7) is 1.84. The van der Waals surface area contributed by atoms with Crippen LogP contribution in [0.1, 0.15) is 16.7 Å². The van der Waals surface area contributed by atoms with E-state index in [-0.39, 0.29) is 0 Å². The Balaban J connectivity index is 3.02. The van der Waals surface area contributed by atoms with Gasteiger partial charge in [0.05, 0.1) is 11.6 Å². The number of carboxylic acid groups (broad SMARTS) is 1. The van der Waals surface area contributed by atoms with Crippen LogP contribution in [0.2, 0.25) is 0 Å². The van der Waals surface area contributed by atoms with Crippen LogP contribution in [0.15, 0.2) is 24.3 Å². The van der Waals surface area contributed by atoms with Gasteiger partial charge in [-0.2, -0.15) is 5.26 Å². The third kappa shape index (κ3) is 2.46. The lowest BCUT2D eigenvalue weighted by Gasteiger charge is -1.99. The van der Waals surface area contributed by atoms with Gasteiger partial charge in [-0.15, -0.1) is 0 Å². The van der Waals surface area contributed by atoms with Crippen LogP contribution >= 0.6 is 0 Å². The first-order valence-corrected chi connectivity index (χ1v) is 4.05. The summed E-state index contributed by atoms with van der Waals surface area (Å²) in [5.74, 6) is -0.978. The third-order valence-electron chi connectivity index (χ3n) is 1.80. The van der Waals surface area contributed by atoms with E-state index in [1.807, 2.05) is 13.0 Å². The molecule has 0 atom stereocenters. The van der Waals surface area contributed by atoms with Gasteiger partial charge in [0.25, 0.3) is 0 Å². The molecule has 0 bridgehead atoms. The van der Waals surface area contributed by atoms with Crippen molar-refractivity contribution in [1.29, 1.82) is 5.26 Å². The van der Waals surface area contributed by atoms with E-state index in [9.17, 15) is 4.79 Å². The quantitative estimate of drug-likeness (QED) is 0.720. The Morgan fingerprint density at radius 3 is 2.79 bits per heavy atom. The maximum Gasteiger partial charge on any atom is 0.328 e. The highest BCUT2D eigenvalue weighted by Crippen LogP contribution is 2.11. The van der Waals surface area contributed by atoms with Crippen molar-refractivity contribution in [2.45, 2.75) is 6.92 Å². The molecule has 3 heteroatoms. The first-order valence-electron chi connectivity index (χ1n) is 4.05. The molecule has 70 valence electrons. The van der Waals surface area contributed by atoms with Crippen LogP contribution in [0.5, 0.6) is 0 Å². The van der Waals surface area contributed by atoms with Crippen LogP contribution in [0.25, 0.3) is 6.08 Å². The maximum absolute atomic E-state index is 10.3. The van der Waals surface area contributed by atoms with Gasteiger partial charge >= 0.3 is 5.97 Å². The molecule has 3 nitrogen and oxygen atoms in total. The first kappa shape index (κ1) is 10.0. The highest BCUT2D eigenvalue weighted by molar-refractivity contribution is 5.85. The van der Waals surface area contributed by atoms with E-state index in [1.54, 1.807) is 18.2 Å². The summed E-state index contributed by atoms with van der Waals surface area (Å²) < 4.78 is 0. The molecule has 14 heavy (non-hydrogen) atoms. The van der Waals surface area contributed by atoms with Crippen LogP contribution in [0.4, 0.5) is 0 Å². The van der Waals surface area contributed by atoms with Crippen molar-refractivity contribution in [3.05, 3.63) is 41.0 Å². The fourth-order valence-corrected chi connectivity index (χ4v) is 1.09. The molecular formula is C11H9NO2. The van der Waals surface area contributed by atoms with Crippen molar-refractivity contribution in [2.24, 2.45) is 0 Å². The minimum Gasteiger partial charge on any atom is -0.478 e. The Hall–Kier alpha value is -2.08. The van der Waals surface area contributed by atoms with Crippen LogP contribution in [0, 0.1) is 18.3 Å². The number of hydrogen-bond acceptors (Lipinski definition) is 2. The Kier molecular flexibility index (Phi) is 3.03. The van der Waals surface area contributed by atoms with Crippen molar-refractivity contribution in [2.75, 3.05) is 0 Å². The molecule has 0 unspecified atom stereocenters. The Bertz CT molecular complexity index is 427. The zero-order valence-corrected chi connectivity index (χ0v) is 7.69. The molecule has 1 aromatic carbocycles. The van der Waals surface area contributed by atoms with E-state index in [2.05, 4.69) is 0 Å². The average molecular weight is 187 g/mol. The normalized spacial score (nSPS) is 10.0. The van der Waals surface area contributed by atoms with Crippen molar-refractivity contribution < 1.29 is 9.90 Å². The molecule has 0 aliphatic heterocycles. The maximum atomic E-state index is 10.3. The number of carbonyl (C=O) groups is 1. The topological polar surface area (TPSA) is 61.1 Å². The third-order valence-corrected chi connectivity index (χ3v) is 1.80. The highest BCUT2D eigenvalue weighted by Gasteiger charge is 1.96. The van der Waals surface area contributed by atoms with Gasteiger partial charge in [-0.25, -0.2) is 4.79 Å². The van der Waals surface area contributed by atoms with Gasteiger partial charge in [0, 0.05) is 6.08 Å². The second-order valence-electron chi connectivity index (χ2n) is 2.85. The number of rotatable bonds is 2. The fraction of sp³-hybridized carbons (Fsp3) is 0.0909. The fourth-order valence-electron chi connectivity index (χ4n) is 1.09. The van der Waals surface area contributed by atoms with Crippen molar-refractivity contribution >= 4 is 12.0 Å². The summed E-state index contributed by atoms with van der Waals surface area (Å²) >= 11 is 0. The molecule has 0 heterocycles. The lowest BCUT2D eigenvalue weighted by molar-refractivity contribution is -0.131. The first-order chi connectivity index (χ1) is 6.63. The van der Waals surface area contributed by atoms with Crippen molar-refractivity contribution in [3.63, 3.8) is 0 Å². The summed E-state index contributed by atoms with van der Waals surface area (Å²) in [4.78, 5) is 10.3. The second kappa shape index (κ2) is 4.24. The predicted molar refractivity (Wildman–Crippen MR) is 52.6 cm³/mol. The minimum absolute atomic E-state index is 0.579. The van der Waals surface area contributed by atoms with Crippen LogP contribution in [0.3, 0.4) is 0 Å². The van der Waals surface area contributed by atoms with Crippen molar-refractivity contribution in [1.82, 2.24) is 0 Å². The Morgan fingerprint density at radius 1 is 1.57 bits per heavy atom. The van der Waals surface area contributed by atoms with Crippen molar-refractivity contribution in [3.8, 4) is 6.07 Å². The summed E-state index contributed by atoms with van der Waals surface area (Å²) in [5.41, 5.74) is 2.28. The zero-order valence-electron chi connectivity index (χ0n) is 7.69. The SMILES string of the molecule is Cc1cc(C#N)ccc1C=CC(=O)O. The number of aryl methyl sites for hydroxylation is 1. The number of hydrogen-bond donors (Lipinski definition) is 1. The van der Waals surface area contributed by atoms with E-state index < -0.39 is 5.97 Å². The summed E-state index contributed by atoms with van der Waals surface area (Å²) in [6.07, 6.45) is 2.59. The van der Waals surface area contributed by atoms with E-state index in [4.69, 9.17) is 10.4 Å². The van der Waals surface area contributed by atoms with Gasteiger partial charge in [-0.05, 0) is 36.3 Å². The van der Waals surface area contributed by atoms with Crippen LogP contribution < -0.4 is 0 Å².